The second kappa shape index (κ2) is 10.1. The lowest BCUT2D eigenvalue weighted by Crippen LogP contribution is -2.39. The van der Waals surface area contributed by atoms with Gasteiger partial charge < -0.3 is 9.94 Å². The van der Waals surface area contributed by atoms with Crippen molar-refractivity contribution in [3.05, 3.63) is 74.3 Å². The van der Waals surface area contributed by atoms with Crippen molar-refractivity contribution >= 4 is 16.0 Å². The van der Waals surface area contributed by atoms with Crippen LogP contribution in [-0.4, -0.2) is 37.2 Å². The van der Waals surface area contributed by atoms with E-state index in [-0.39, 0.29) is 24.0 Å². The Morgan fingerprint density at radius 3 is 2.69 bits per heavy atom. The summed E-state index contributed by atoms with van der Waals surface area (Å²) in [5.41, 5.74) is 4.35. The minimum atomic E-state index is -3.66. The molecule has 0 heterocycles. The van der Waals surface area contributed by atoms with Crippen molar-refractivity contribution < 1.29 is 28.2 Å². The highest BCUT2D eigenvalue weighted by molar-refractivity contribution is 7.89. The molecule has 0 bridgehead atoms. The summed E-state index contributed by atoms with van der Waals surface area (Å²) in [4.78, 5) is 26.3. The number of carboxylic acid groups (broad SMARTS) is 1. The molecule has 2 aromatic rings. The first-order valence-electron chi connectivity index (χ1n) is 10.4. The van der Waals surface area contributed by atoms with Crippen molar-refractivity contribution in [3.8, 4) is 0 Å². The van der Waals surface area contributed by atoms with Gasteiger partial charge >= 0.3 is 5.97 Å². The summed E-state index contributed by atoms with van der Waals surface area (Å²) < 4.78 is 28.5. The van der Waals surface area contributed by atoms with E-state index < -0.39 is 21.1 Å². The van der Waals surface area contributed by atoms with Gasteiger partial charge in [-0.3, -0.25) is 4.79 Å². The van der Waals surface area contributed by atoms with E-state index in [1.807, 2.05) is 12.1 Å². The Hall–Kier alpha value is -2.98. The zero-order chi connectivity index (χ0) is 23.3. The molecule has 0 aromatic heterocycles. The van der Waals surface area contributed by atoms with E-state index in [2.05, 4.69) is 9.56 Å². The summed E-state index contributed by atoms with van der Waals surface area (Å²) in [5, 5.41) is 18.7. The highest BCUT2D eigenvalue weighted by Crippen LogP contribution is 2.30. The topological polar surface area (TPSA) is 136 Å². The van der Waals surface area contributed by atoms with E-state index in [0.717, 1.165) is 22.3 Å². The van der Waals surface area contributed by atoms with Crippen LogP contribution in [0.15, 0.2) is 41.3 Å². The van der Waals surface area contributed by atoms with E-state index in [9.17, 15) is 23.3 Å². The number of carboxylic acids is 1. The molecule has 1 aliphatic rings. The molecule has 1 atom stereocenters. The number of aryl methyl sites for hydroxylation is 1. The lowest BCUT2D eigenvalue weighted by Gasteiger charge is -2.28. The molecule has 172 valence electrons. The number of carbonyl (C=O) groups is 1. The second-order valence-corrected chi connectivity index (χ2v) is 9.55. The van der Waals surface area contributed by atoms with Crippen LogP contribution in [-0.2, 0) is 45.3 Å². The van der Waals surface area contributed by atoms with Gasteiger partial charge in [-0.25, -0.2) is 13.1 Å². The quantitative estimate of drug-likeness (QED) is 0.409. The zero-order valence-corrected chi connectivity index (χ0v) is 18.6. The van der Waals surface area contributed by atoms with E-state index in [4.69, 9.17) is 5.11 Å². The molecule has 3 rings (SSSR count). The minimum Gasteiger partial charge on any atom is -0.481 e. The number of sulfonamides is 1. The fourth-order valence-corrected chi connectivity index (χ4v) is 5.74. The maximum absolute atomic E-state index is 12.9. The van der Waals surface area contributed by atoms with Crippen LogP contribution >= 0.6 is 0 Å². The molecule has 9 nitrogen and oxygen atoms in total. The van der Waals surface area contributed by atoms with Gasteiger partial charge in [-0.1, -0.05) is 30.3 Å². The Bertz CT molecular complexity index is 1120. The van der Waals surface area contributed by atoms with Crippen LogP contribution in [0.25, 0.3) is 0 Å². The fraction of sp³-hybridized carbons (Fsp3) is 0.409. The first kappa shape index (κ1) is 23.7. The third-order valence-electron chi connectivity index (χ3n) is 5.70. The Morgan fingerprint density at radius 2 is 2.00 bits per heavy atom. The van der Waals surface area contributed by atoms with Gasteiger partial charge in [0.05, 0.1) is 4.90 Å². The molecule has 10 heteroatoms. The Morgan fingerprint density at radius 1 is 1.25 bits per heavy atom. The molecule has 0 saturated carbocycles. The predicted molar refractivity (Wildman–Crippen MR) is 116 cm³/mol. The van der Waals surface area contributed by atoms with Gasteiger partial charge in [0.25, 0.3) is 5.09 Å². The Balaban J connectivity index is 1.81. The summed E-state index contributed by atoms with van der Waals surface area (Å²) in [7, 11) is -3.66. The van der Waals surface area contributed by atoms with Gasteiger partial charge in [-0.05, 0) is 72.9 Å². The van der Waals surface area contributed by atoms with Crippen molar-refractivity contribution in [2.75, 3.05) is 6.61 Å². The fourth-order valence-electron chi connectivity index (χ4n) is 4.23. The lowest BCUT2D eigenvalue weighted by atomic mass is 9.82. The van der Waals surface area contributed by atoms with E-state index >= 15 is 0 Å². The summed E-state index contributed by atoms with van der Waals surface area (Å²) in [6.45, 7) is 1.65. The van der Waals surface area contributed by atoms with Crippen LogP contribution in [0.2, 0.25) is 0 Å². The first-order chi connectivity index (χ1) is 15.2. The summed E-state index contributed by atoms with van der Waals surface area (Å²) >= 11 is 0. The van der Waals surface area contributed by atoms with Gasteiger partial charge in [0, 0.05) is 12.5 Å². The number of benzene rings is 2. The maximum Gasteiger partial charge on any atom is 0.303 e. The number of hydrogen-bond donors (Lipinski definition) is 2. The molecule has 0 aliphatic heterocycles. The van der Waals surface area contributed by atoms with E-state index in [1.165, 1.54) is 0 Å². The molecule has 0 fully saturated rings. The maximum atomic E-state index is 12.9. The third kappa shape index (κ3) is 5.83. The average Bonchev–Trinajstić information content (AvgIpc) is 2.72. The summed E-state index contributed by atoms with van der Waals surface area (Å²) in [6, 6.07) is 10.3. The standard InChI is InChI=1S/C22H26N2O7S/c1-15-4-2-3-5-21(15)32(29,30)23-18-8-9-20-17(14-18)7-6-16(12-13-31-24(27)28)19(20)10-11-22(25)26/h2-7,18,23H,8-14H2,1H3,(H,25,26). The number of rotatable bonds is 10. The molecular weight excluding hydrogens is 436 g/mol. The van der Waals surface area contributed by atoms with Gasteiger partial charge in [-0.15, -0.1) is 10.1 Å². The van der Waals surface area contributed by atoms with E-state index in [0.29, 0.717) is 37.7 Å². The summed E-state index contributed by atoms with van der Waals surface area (Å²) in [5.74, 6) is -0.922. The van der Waals surface area contributed by atoms with Crippen LogP contribution in [0.3, 0.4) is 0 Å². The normalized spacial score (nSPS) is 15.7. The molecule has 0 radical (unpaired) electrons. The van der Waals surface area contributed by atoms with Crippen molar-refractivity contribution in [3.63, 3.8) is 0 Å². The zero-order valence-electron chi connectivity index (χ0n) is 17.7. The highest BCUT2D eigenvalue weighted by atomic mass is 32.2. The molecular formula is C22H26N2O7S. The minimum absolute atomic E-state index is 0.0527. The van der Waals surface area contributed by atoms with Crippen LogP contribution in [0.5, 0.6) is 0 Å². The number of nitrogens with one attached hydrogen (secondary N) is 1. The number of hydrogen-bond acceptors (Lipinski definition) is 6. The van der Waals surface area contributed by atoms with Crippen molar-refractivity contribution in [2.45, 2.75) is 56.4 Å². The first-order valence-corrected chi connectivity index (χ1v) is 11.8. The van der Waals surface area contributed by atoms with Crippen LogP contribution < -0.4 is 4.72 Å². The van der Waals surface area contributed by atoms with Crippen LogP contribution in [0.1, 0.15) is 40.7 Å². The van der Waals surface area contributed by atoms with Gasteiger partial charge in [0.2, 0.25) is 10.0 Å². The van der Waals surface area contributed by atoms with Gasteiger partial charge in [0.15, 0.2) is 0 Å². The smallest absolute Gasteiger partial charge is 0.303 e. The van der Waals surface area contributed by atoms with E-state index in [1.54, 1.807) is 31.2 Å². The largest absolute Gasteiger partial charge is 0.481 e. The predicted octanol–water partition coefficient (Wildman–Crippen LogP) is 2.60. The molecule has 2 N–H and O–H groups in total. The van der Waals surface area contributed by atoms with Gasteiger partial charge in [-0.2, -0.15) is 0 Å². The molecule has 32 heavy (non-hydrogen) atoms. The van der Waals surface area contributed by atoms with Crippen LogP contribution in [0.4, 0.5) is 0 Å². The third-order valence-corrected chi connectivity index (χ3v) is 7.38. The van der Waals surface area contributed by atoms with Crippen LogP contribution in [0, 0.1) is 17.0 Å². The monoisotopic (exact) mass is 462 g/mol. The number of fused-ring (bicyclic) bond motifs is 1. The van der Waals surface area contributed by atoms with Crippen molar-refractivity contribution in [1.82, 2.24) is 4.72 Å². The average molecular weight is 463 g/mol. The van der Waals surface area contributed by atoms with Crippen molar-refractivity contribution in [1.29, 1.82) is 0 Å². The van der Waals surface area contributed by atoms with Crippen molar-refractivity contribution in [2.24, 2.45) is 0 Å². The molecule has 1 aliphatic carbocycles. The molecule has 0 saturated heterocycles. The number of nitrogens with zero attached hydrogens (tertiary/aromatic N) is 1. The highest BCUT2D eigenvalue weighted by Gasteiger charge is 2.27. The summed E-state index contributed by atoms with van der Waals surface area (Å²) in [6.07, 6.45) is 2.22. The Kier molecular flexibility index (Phi) is 7.47. The molecule has 0 amide bonds. The SMILES string of the molecule is Cc1ccccc1S(=O)(=O)NC1CCc2c(ccc(CCO[N+](=O)[O-])c2CCC(=O)O)C1. The lowest BCUT2D eigenvalue weighted by molar-refractivity contribution is -0.757. The molecule has 1 unspecified atom stereocenters. The molecule has 2 aromatic carbocycles. The Labute approximate surface area is 186 Å². The second-order valence-electron chi connectivity index (χ2n) is 7.87. The number of aliphatic carboxylic acids is 1. The van der Waals surface area contributed by atoms with Gasteiger partial charge in [0.1, 0.15) is 6.61 Å². The molecule has 0 spiro atoms.